The lowest BCUT2D eigenvalue weighted by Gasteiger charge is -2.26. The van der Waals surface area contributed by atoms with E-state index < -0.39 is 26.9 Å². The molecule has 0 amide bonds. The summed E-state index contributed by atoms with van der Waals surface area (Å²) in [6, 6.07) is 0. The van der Waals surface area contributed by atoms with Crippen LogP contribution in [0.1, 0.15) is 27.2 Å². The Morgan fingerprint density at radius 1 is 1.38 bits per heavy atom. The van der Waals surface area contributed by atoms with Crippen LogP contribution in [0.4, 0.5) is 8.78 Å². The minimum Gasteiger partial charge on any atom is -0.409 e. The molecule has 0 bridgehead atoms. The van der Waals surface area contributed by atoms with Crippen molar-refractivity contribution in [1.82, 2.24) is 0 Å². The smallest absolute Gasteiger partial charge is 0.393 e. The van der Waals surface area contributed by atoms with Crippen molar-refractivity contribution >= 4 is 15.7 Å². The second-order valence-electron chi connectivity index (χ2n) is 6.67. The fraction of sp³-hybridized carbons (Fsp3) is 0.611. The highest BCUT2D eigenvalue weighted by Gasteiger charge is 2.48. The summed E-state index contributed by atoms with van der Waals surface area (Å²) in [5.41, 5.74) is 0.779. The Balaban J connectivity index is 2.41. The van der Waals surface area contributed by atoms with E-state index in [1.54, 1.807) is 26.2 Å². The largest absolute Gasteiger partial charge is 0.409 e. The number of rotatable bonds is 5. The van der Waals surface area contributed by atoms with Crippen molar-refractivity contribution in [2.75, 3.05) is 26.5 Å². The molecular weight excluding hydrogens is 364 g/mol. The molecule has 8 heteroatoms. The first kappa shape index (κ1) is 20.8. The van der Waals surface area contributed by atoms with E-state index in [0.29, 0.717) is 18.8 Å². The molecule has 5 nitrogen and oxygen atoms in total. The lowest BCUT2D eigenvalue weighted by atomic mass is 9.82. The predicted octanol–water partition coefficient (Wildman–Crippen LogP) is 3.10. The van der Waals surface area contributed by atoms with Gasteiger partial charge in [-0.15, -0.1) is 8.97 Å². The van der Waals surface area contributed by atoms with Crippen LogP contribution in [0.25, 0.3) is 0 Å². The van der Waals surface area contributed by atoms with Gasteiger partial charge in [0.15, 0.2) is 15.7 Å². The van der Waals surface area contributed by atoms with Crippen molar-refractivity contribution in [2.45, 2.75) is 32.4 Å². The van der Waals surface area contributed by atoms with E-state index in [9.17, 15) is 17.2 Å². The van der Waals surface area contributed by atoms with E-state index in [4.69, 9.17) is 9.47 Å². The van der Waals surface area contributed by atoms with Crippen LogP contribution < -0.4 is 0 Å². The van der Waals surface area contributed by atoms with Gasteiger partial charge in [0.05, 0.1) is 24.0 Å². The first-order valence-electron chi connectivity index (χ1n) is 8.52. The summed E-state index contributed by atoms with van der Waals surface area (Å²) in [6.45, 7) is 4.96. The zero-order valence-corrected chi connectivity index (χ0v) is 16.6. The van der Waals surface area contributed by atoms with E-state index in [1.165, 1.54) is 7.05 Å². The highest BCUT2D eigenvalue weighted by molar-refractivity contribution is 7.92. The number of methoxy groups -OCH3 is 1. The zero-order valence-electron chi connectivity index (χ0n) is 15.8. The Kier molecular flexibility index (Phi) is 6.39. The molecule has 0 aromatic heterocycles. The Hall–Kier alpha value is -1.54. The average Bonchev–Trinajstić information content (AvgIpc) is 2.84. The Morgan fingerprint density at radius 3 is 2.58 bits per heavy atom. The number of sulfone groups is 1. The number of halogens is 2. The van der Waals surface area contributed by atoms with Gasteiger partial charge in [0.2, 0.25) is 0 Å². The van der Waals surface area contributed by atoms with Crippen LogP contribution >= 0.6 is 0 Å². The minimum absolute atomic E-state index is 0.0633. The van der Waals surface area contributed by atoms with E-state index in [0.717, 1.165) is 17.1 Å². The topological polar surface area (TPSA) is 55.6 Å². The first-order valence-corrected chi connectivity index (χ1v) is 10.2. The Labute approximate surface area is 153 Å². The van der Waals surface area contributed by atoms with Crippen molar-refractivity contribution in [3.63, 3.8) is 0 Å². The minimum atomic E-state index is -3.24. The maximum Gasteiger partial charge on any atom is 0.393 e. The second-order valence-corrected chi connectivity index (χ2v) is 8.88. The van der Waals surface area contributed by atoms with Crippen LogP contribution in [-0.4, -0.2) is 50.7 Å². The molecule has 0 saturated carbocycles. The quantitative estimate of drug-likeness (QED) is 0.313. The summed E-state index contributed by atoms with van der Waals surface area (Å²) in [4.78, 5) is 0. The first-order chi connectivity index (χ1) is 12.1. The summed E-state index contributed by atoms with van der Waals surface area (Å²) < 4.78 is 63.9. The van der Waals surface area contributed by atoms with Gasteiger partial charge < -0.3 is 9.47 Å². The highest BCUT2D eigenvalue weighted by atomic mass is 32.2. The Morgan fingerprint density at radius 2 is 2.04 bits per heavy atom. The van der Waals surface area contributed by atoms with Gasteiger partial charge in [0, 0.05) is 18.9 Å². The van der Waals surface area contributed by atoms with E-state index >= 15 is 0 Å². The standard InChI is InChI=1S/C18H26F2NO4S/c1-6-16(21(4)18(20)12(3)19)25-14-7-8-15-17(11(14)2)13(9-24-5)10-26(15,22)23/h7-8,13,15,17H,6,9-10H2,1-5H3/q+1. The highest BCUT2D eigenvalue weighted by Crippen LogP contribution is 2.42. The van der Waals surface area contributed by atoms with Gasteiger partial charge in [-0.05, 0) is 25.5 Å². The van der Waals surface area contributed by atoms with Gasteiger partial charge in [-0.1, -0.05) is 13.0 Å². The summed E-state index contributed by atoms with van der Waals surface area (Å²) >= 11 is 0. The monoisotopic (exact) mass is 390 g/mol. The van der Waals surface area contributed by atoms with Crippen LogP contribution in [0, 0.1) is 11.8 Å². The molecule has 1 fully saturated rings. The third-order valence-electron chi connectivity index (χ3n) is 4.91. The van der Waals surface area contributed by atoms with Crippen molar-refractivity contribution < 1.29 is 31.2 Å². The number of hydrogen-bond donors (Lipinski definition) is 0. The number of fused-ring (bicyclic) bond motifs is 1. The third kappa shape index (κ3) is 3.91. The van der Waals surface area contributed by atoms with Crippen LogP contribution in [0.2, 0.25) is 0 Å². The molecule has 1 heterocycles. The molecule has 3 atom stereocenters. The summed E-state index contributed by atoms with van der Waals surface area (Å²) in [7, 11) is -0.312. The molecule has 1 saturated heterocycles. The zero-order chi connectivity index (χ0) is 19.6. The molecule has 26 heavy (non-hydrogen) atoms. The summed E-state index contributed by atoms with van der Waals surface area (Å²) in [5.74, 6) is -1.59. The molecule has 2 rings (SSSR count). The molecule has 0 aromatic carbocycles. The van der Waals surface area contributed by atoms with Gasteiger partial charge >= 0.3 is 11.8 Å². The van der Waals surface area contributed by atoms with Crippen molar-refractivity contribution in [2.24, 2.45) is 11.8 Å². The maximum absolute atomic E-state index is 13.9. The van der Waals surface area contributed by atoms with Crippen LogP contribution in [0.5, 0.6) is 0 Å². The molecule has 3 unspecified atom stereocenters. The lowest BCUT2D eigenvalue weighted by Crippen LogP contribution is -2.29. The van der Waals surface area contributed by atoms with Crippen molar-refractivity contribution in [3.05, 3.63) is 35.3 Å². The predicted molar refractivity (Wildman–Crippen MR) is 95.8 cm³/mol. The van der Waals surface area contributed by atoms with Crippen LogP contribution in [0.15, 0.2) is 35.3 Å². The van der Waals surface area contributed by atoms with Gasteiger partial charge in [0.25, 0.3) is 0 Å². The molecule has 146 valence electrons. The van der Waals surface area contributed by atoms with Gasteiger partial charge in [-0.25, -0.2) is 12.8 Å². The fourth-order valence-electron chi connectivity index (χ4n) is 3.65. The molecule has 0 N–H and O–H groups in total. The number of allylic oxidation sites excluding steroid dienone is 3. The summed E-state index contributed by atoms with van der Waals surface area (Å²) in [6.07, 6.45) is 3.57. The Bertz CT molecular complexity index is 792. The number of nitrogens with zero attached hydrogens (tertiary/aromatic N) is 1. The number of ether oxygens (including phenoxy) is 2. The van der Waals surface area contributed by atoms with Crippen LogP contribution in [-0.2, 0) is 19.3 Å². The second kappa shape index (κ2) is 8.00. The van der Waals surface area contributed by atoms with E-state index in [-0.39, 0.29) is 23.5 Å². The number of hydrogen-bond acceptors (Lipinski definition) is 4. The normalized spacial score (nSPS) is 29.3. The lowest BCUT2D eigenvalue weighted by molar-refractivity contribution is -0.477. The van der Waals surface area contributed by atoms with Gasteiger partial charge in [0.1, 0.15) is 12.8 Å². The molecule has 1 aliphatic carbocycles. The van der Waals surface area contributed by atoms with Crippen LogP contribution in [0.3, 0.4) is 0 Å². The van der Waals surface area contributed by atoms with Gasteiger partial charge in [-0.2, -0.15) is 0 Å². The molecule has 0 radical (unpaired) electrons. The van der Waals surface area contributed by atoms with Crippen molar-refractivity contribution in [1.29, 1.82) is 0 Å². The average molecular weight is 390 g/mol. The maximum atomic E-state index is 13.9. The third-order valence-corrected chi connectivity index (χ3v) is 7.09. The molecular formula is C18H26F2NO4S+. The molecule has 1 aliphatic heterocycles. The molecule has 0 aromatic rings. The summed E-state index contributed by atoms with van der Waals surface area (Å²) in [5, 5.41) is -0.595. The molecule has 2 aliphatic rings. The SMILES string of the molecule is CCC(OC1=C(C)C2C(COC)CS(=O)(=O)C2C=C1)=[N+](C)C(F)=C(C)F. The van der Waals surface area contributed by atoms with Gasteiger partial charge in [-0.3, -0.25) is 0 Å². The van der Waals surface area contributed by atoms with E-state index in [2.05, 4.69) is 0 Å². The van der Waals surface area contributed by atoms with Crippen molar-refractivity contribution in [3.8, 4) is 0 Å². The fourth-order valence-corrected chi connectivity index (χ4v) is 5.96. The molecule has 0 spiro atoms. The van der Waals surface area contributed by atoms with E-state index in [1.807, 2.05) is 6.92 Å².